The van der Waals surface area contributed by atoms with Crippen molar-refractivity contribution >= 4 is 5.91 Å². The summed E-state index contributed by atoms with van der Waals surface area (Å²) in [6.45, 7) is 2.58. The van der Waals surface area contributed by atoms with Crippen molar-refractivity contribution in [3.05, 3.63) is 95.9 Å². The monoisotopic (exact) mass is 371 g/mol. The molecule has 0 saturated heterocycles. The quantitative estimate of drug-likeness (QED) is 0.546. The van der Waals surface area contributed by atoms with Gasteiger partial charge in [0.25, 0.3) is 5.91 Å². The van der Waals surface area contributed by atoms with Gasteiger partial charge in [0, 0.05) is 12.6 Å². The van der Waals surface area contributed by atoms with Crippen molar-refractivity contribution in [2.75, 3.05) is 6.54 Å². The fourth-order valence-corrected chi connectivity index (χ4v) is 3.03. The molecule has 5 nitrogen and oxygen atoms in total. The van der Waals surface area contributed by atoms with Gasteiger partial charge in [-0.3, -0.25) is 4.79 Å². The van der Waals surface area contributed by atoms with Gasteiger partial charge in [0.2, 0.25) is 0 Å². The lowest BCUT2D eigenvalue weighted by atomic mass is 10.1. The van der Waals surface area contributed by atoms with E-state index in [0.29, 0.717) is 23.7 Å². The summed E-state index contributed by atoms with van der Waals surface area (Å²) in [7, 11) is 0. The highest BCUT2D eigenvalue weighted by atomic mass is 16.3. The van der Waals surface area contributed by atoms with Crippen LogP contribution in [0.3, 0.4) is 0 Å². The van der Waals surface area contributed by atoms with Gasteiger partial charge in [-0.05, 0) is 43.2 Å². The molecule has 0 radical (unpaired) electrons. The molecular weight excluding hydrogens is 350 g/mol. The van der Waals surface area contributed by atoms with Crippen molar-refractivity contribution < 1.29 is 9.21 Å². The van der Waals surface area contributed by atoms with Crippen LogP contribution in [0.25, 0.3) is 17.1 Å². The normalized spacial score (nSPS) is 10.8. The van der Waals surface area contributed by atoms with Crippen molar-refractivity contribution in [2.24, 2.45) is 0 Å². The Morgan fingerprint density at radius 2 is 1.82 bits per heavy atom. The van der Waals surface area contributed by atoms with Gasteiger partial charge in [-0.25, -0.2) is 4.68 Å². The second-order valence-corrected chi connectivity index (χ2v) is 6.63. The second kappa shape index (κ2) is 7.96. The zero-order chi connectivity index (χ0) is 19.3. The van der Waals surface area contributed by atoms with Crippen LogP contribution in [0.2, 0.25) is 0 Å². The zero-order valence-electron chi connectivity index (χ0n) is 15.6. The van der Waals surface area contributed by atoms with Gasteiger partial charge in [0.1, 0.15) is 11.4 Å². The number of hydrogen-bond donors (Lipinski definition) is 1. The van der Waals surface area contributed by atoms with Gasteiger partial charge in [-0.1, -0.05) is 48.0 Å². The van der Waals surface area contributed by atoms with Crippen molar-refractivity contribution in [3.63, 3.8) is 0 Å². The van der Waals surface area contributed by atoms with E-state index in [4.69, 9.17) is 4.42 Å². The maximum absolute atomic E-state index is 12.9. The molecule has 2 heterocycles. The average molecular weight is 371 g/mol. The van der Waals surface area contributed by atoms with E-state index in [2.05, 4.69) is 22.5 Å². The van der Waals surface area contributed by atoms with Gasteiger partial charge >= 0.3 is 0 Å². The number of amides is 1. The van der Waals surface area contributed by atoms with E-state index >= 15 is 0 Å². The van der Waals surface area contributed by atoms with Gasteiger partial charge in [0.15, 0.2) is 5.76 Å². The number of aryl methyl sites for hydroxylation is 1. The number of furan rings is 1. The van der Waals surface area contributed by atoms with Crippen LogP contribution in [-0.4, -0.2) is 22.2 Å². The molecule has 2 aromatic heterocycles. The lowest BCUT2D eigenvalue weighted by molar-refractivity contribution is 0.0946. The molecule has 0 aliphatic carbocycles. The molecule has 0 aliphatic rings. The molecule has 2 aromatic carbocycles. The number of rotatable bonds is 6. The third-order valence-corrected chi connectivity index (χ3v) is 4.54. The first-order valence-electron chi connectivity index (χ1n) is 9.24. The molecule has 0 atom stereocenters. The van der Waals surface area contributed by atoms with Crippen LogP contribution in [0.5, 0.6) is 0 Å². The fraction of sp³-hybridized carbons (Fsp3) is 0.130. The Morgan fingerprint density at radius 1 is 1.04 bits per heavy atom. The molecule has 4 rings (SSSR count). The standard InChI is InChI=1S/C23H21N3O2/c1-17-9-11-19(12-10-17)26-21(16-20(25-26)22-8-5-15-28-22)23(27)24-14-13-18-6-3-2-4-7-18/h2-12,15-16H,13-14H2,1H3,(H,24,27). The molecule has 4 aromatic rings. The Balaban J connectivity index is 1.58. The summed E-state index contributed by atoms with van der Waals surface area (Å²) in [6, 6.07) is 23.4. The lowest BCUT2D eigenvalue weighted by Crippen LogP contribution is -2.27. The number of nitrogens with zero attached hydrogens (tertiary/aromatic N) is 2. The molecule has 140 valence electrons. The Morgan fingerprint density at radius 3 is 2.54 bits per heavy atom. The maximum atomic E-state index is 12.9. The molecule has 5 heteroatoms. The fourth-order valence-electron chi connectivity index (χ4n) is 3.03. The summed E-state index contributed by atoms with van der Waals surface area (Å²) in [5.41, 5.74) is 4.26. The summed E-state index contributed by atoms with van der Waals surface area (Å²) in [5.74, 6) is 0.464. The zero-order valence-corrected chi connectivity index (χ0v) is 15.6. The van der Waals surface area contributed by atoms with Crippen molar-refractivity contribution in [1.82, 2.24) is 15.1 Å². The molecule has 0 bridgehead atoms. The molecule has 1 N–H and O–H groups in total. The van der Waals surface area contributed by atoms with Crippen molar-refractivity contribution in [3.8, 4) is 17.1 Å². The van der Waals surface area contributed by atoms with E-state index in [0.717, 1.165) is 17.7 Å². The van der Waals surface area contributed by atoms with Crippen LogP contribution in [0, 0.1) is 6.92 Å². The van der Waals surface area contributed by atoms with Crippen molar-refractivity contribution in [1.29, 1.82) is 0 Å². The number of nitrogens with one attached hydrogen (secondary N) is 1. The molecule has 0 saturated carbocycles. The minimum atomic E-state index is -0.165. The Kier molecular flexibility index (Phi) is 5.06. The van der Waals surface area contributed by atoms with E-state index in [1.807, 2.05) is 55.5 Å². The van der Waals surface area contributed by atoms with E-state index in [1.54, 1.807) is 23.1 Å². The number of benzene rings is 2. The van der Waals surface area contributed by atoms with Gasteiger partial charge in [-0.2, -0.15) is 5.10 Å². The number of carbonyl (C=O) groups excluding carboxylic acids is 1. The molecule has 0 fully saturated rings. The van der Waals surface area contributed by atoms with Crippen LogP contribution in [-0.2, 0) is 6.42 Å². The summed E-state index contributed by atoms with van der Waals surface area (Å²) >= 11 is 0. The van der Waals surface area contributed by atoms with Gasteiger partial charge < -0.3 is 9.73 Å². The highest BCUT2D eigenvalue weighted by Crippen LogP contribution is 2.22. The van der Waals surface area contributed by atoms with E-state index in [-0.39, 0.29) is 5.91 Å². The van der Waals surface area contributed by atoms with E-state index in [9.17, 15) is 4.79 Å². The highest BCUT2D eigenvalue weighted by Gasteiger charge is 2.18. The van der Waals surface area contributed by atoms with E-state index < -0.39 is 0 Å². The van der Waals surface area contributed by atoms with Crippen LogP contribution >= 0.6 is 0 Å². The number of carbonyl (C=O) groups is 1. The highest BCUT2D eigenvalue weighted by molar-refractivity contribution is 5.94. The number of hydrogen-bond acceptors (Lipinski definition) is 3. The largest absolute Gasteiger partial charge is 0.463 e. The molecular formula is C23H21N3O2. The molecule has 1 amide bonds. The first-order chi connectivity index (χ1) is 13.7. The smallest absolute Gasteiger partial charge is 0.270 e. The van der Waals surface area contributed by atoms with Crippen molar-refractivity contribution in [2.45, 2.75) is 13.3 Å². The van der Waals surface area contributed by atoms with Gasteiger partial charge in [0.05, 0.1) is 12.0 Å². The van der Waals surface area contributed by atoms with Crippen LogP contribution in [0.15, 0.2) is 83.5 Å². The molecule has 0 aliphatic heterocycles. The third-order valence-electron chi connectivity index (χ3n) is 4.54. The van der Waals surface area contributed by atoms with Crippen LogP contribution < -0.4 is 5.32 Å². The second-order valence-electron chi connectivity index (χ2n) is 6.63. The predicted molar refractivity (Wildman–Crippen MR) is 108 cm³/mol. The SMILES string of the molecule is Cc1ccc(-n2nc(-c3ccco3)cc2C(=O)NCCc2ccccc2)cc1. The van der Waals surface area contributed by atoms with E-state index in [1.165, 1.54) is 5.56 Å². The summed E-state index contributed by atoms with van der Waals surface area (Å²) in [5, 5.41) is 7.60. The Bertz CT molecular complexity index is 1050. The first-order valence-corrected chi connectivity index (χ1v) is 9.24. The maximum Gasteiger partial charge on any atom is 0.270 e. The Hall–Kier alpha value is -3.60. The molecule has 0 unspecified atom stereocenters. The minimum Gasteiger partial charge on any atom is -0.463 e. The lowest BCUT2D eigenvalue weighted by Gasteiger charge is -2.09. The first kappa shape index (κ1) is 17.8. The average Bonchev–Trinajstić information content (AvgIpc) is 3.39. The van der Waals surface area contributed by atoms with Gasteiger partial charge in [-0.15, -0.1) is 0 Å². The minimum absolute atomic E-state index is 0.165. The Labute approximate surface area is 163 Å². The molecule has 0 spiro atoms. The summed E-state index contributed by atoms with van der Waals surface area (Å²) in [6.07, 6.45) is 2.37. The number of aromatic nitrogens is 2. The predicted octanol–water partition coefficient (Wildman–Crippen LogP) is 4.41. The molecule has 28 heavy (non-hydrogen) atoms. The van der Waals surface area contributed by atoms with Crippen LogP contribution in [0.4, 0.5) is 0 Å². The topological polar surface area (TPSA) is 60.1 Å². The third kappa shape index (κ3) is 3.88. The summed E-state index contributed by atoms with van der Waals surface area (Å²) in [4.78, 5) is 12.9. The van der Waals surface area contributed by atoms with Crippen LogP contribution in [0.1, 0.15) is 21.6 Å². The summed E-state index contributed by atoms with van der Waals surface area (Å²) < 4.78 is 7.12.